The molecule has 1 aliphatic rings. The van der Waals surface area contributed by atoms with Crippen LogP contribution in [0.5, 0.6) is 0 Å². The Morgan fingerprint density at radius 2 is 1.94 bits per heavy atom. The van der Waals surface area contributed by atoms with Gasteiger partial charge in [-0.2, -0.15) is 0 Å². The van der Waals surface area contributed by atoms with Crippen LogP contribution >= 0.6 is 0 Å². The summed E-state index contributed by atoms with van der Waals surface area (Å²) in [6, 6.07) is 4.77. The Morgan fingerprint density at radius 1 is 1.28 bits per heavy atom. The third-order valence-corrected chi connectivity index (χ3v) is 3.46. The van der Waals surface area contributed by atoms with E-state index < -0.39 is 5.82 Å². The van der Waals surface area contributed by atoms with Gasteiger partial charge in [0.25, 0.3) is 5.91 Å². The van der Waals surface area contributed by atoms with E-state index in [0.717, 1.165) is 25.2 Å². The Labute approximate surface area is 107 Å². The average Bonchev–Trinajstić information content (AvgIpc) is 2.38. The Hall–Kier alpha value is -1.42. The van der Waals surface area contributed by atoms with Gasteiger partial charge in [-0.15, -0.1) is 0 Å². The van der Waals surface area contributed by atoms with E-state index in [1.807, 2.05) is 6.92 Å². The molecule has 0 saturated carbocycles. The zero-order chi connectivity index (χ0) is 13.1. The smallest absolute Gasteiger partial charge is 0.256 e. The lowest BCUT2D eigenvalue weighted by atomic mass is 10.1. The van der Waals surface area contributed by atoms with Crippen molar-refractivity contribution in [3.05, 3.63) is 35.1 Å². The van der Waals surface area contributed by atoms with Crippen LogP contribution in [-0.4, -0.2) is 48.4 Å². The monoisotopic (exact) mass is 250 g/mol. The second-order valence-electron chi connectivity index (χ2n) is 4.71. The van der Waals surface area contributed by atoms with Gasteiger partial charge in [-0.25, -0.2) is 4.39 Å². The predicted molar refractivity (Wildman–Crippen MR) is 69.2 cm³/mol. The second kappa shape index (κ2) is 5.48. The van der Waals surface area contributed by atoms with E-state index >= 15 is 0 Å². The first-order valence-corrected chi connectivity index (χ1v) is 6.39. The number of carbonyl (C=O) groups excluding carboxylic acids is 1. The summed E-state index contributed by atoms with van der Waals surface area (Å²) in [6.07, 6.45) is 0. The highest BCUT2D eigenvalue weighted by molar-refractivity contribution is 5.94. The number of aryl methyl sites for hydroxylation is 1. The summed E-state index contributed by atoms with van der Waals surface area (Å²) in [5.74, 6) is -0.610. The van der Waals surface area contributed by atoms with Gasteiger partial charge in [-0.1, -0.05) is 13.0 Å². The van der Waals surface area contributed by atoms with Crippen molar-refractivity contribution in [2.24, 2.45) is 0 Å². The number of benzene rings is 1. The van der Waals surface area contributed by atoms with Crippen LogP contribution < -0.4 is 0 Å². The molecule has 0 bridgehead atoms. The van der Waals surface area contributed by atoms with Gasteiger partial charge in [0.05, 0.1) is 5.56 Å². The molecular weight excluding hydrogens is 231 g/mol. The zero-order valence-electron chi connectivity index (χ0n) is 10.9. The van der Waals surface area contributed by atoms with E-state index in [0.29, 0.717) is 13.1 Å². The lowest BCUT2D eigenvalue weighted by Gasteiger charge is -2.34. The summed E-state index contributed by atoms with van der Waals surface area (Å²) in [6.45, 7) is 8.03. The molecule has 2 rings (SSSR count). The van der Waals surface area contributed by atoms with Crippen molar-refractivity contribution in [1.82, 2.24) is 9.80 Å². The Balaban J connectivity index is 2.08. The molecule has 18 heavy (non-hydrogen) atoms. The van der Waals surface area contributed by atoms with Gasteiger partial charge < -0.3 is 9.80 Å². The molecule has 1 aromatic rings. The minimum Gasteiger partial charge on any atom is -0.336 e. The molecule has 1 aliphatic heterocycles. The topological polar surface area (TPSA) is 23.6 Å². The van der Waals surface area contributed by atoms with Crippen molar-refractivity contribution in [3.8, 4) is 0 Å². The number of nitrogens with zero attached hydrogens (tertiary/aromatic N) is 2. The molecular formula is C14H19FN2O. The van der Waals surface area contributed by atoms with Crippen molar-refractivity contribution < 1.29 is 9.18 Å². The molecule has 0 spiro atoms. The highest BCUT2D eigenvalue weighted by Crippen LogP contribution is 2.14. The van der Waals surface area contributed by atoms with Crippen LogP contribution in [0.15, 0.2) is 18.2 Å². The molecule has 1 amide bonds. The fourth-order valence-corrected chi connectivity index (χ4v) is 2.23. The third kappa shape index (κ3) is 2.70. The number of likely N-dealkylation sites (N-methyl/N-ethyl adjacent to an activating group) is 1. The minimum absolute atomic E-state index is 0.186. The molecule has 3 nitrogen and oxygen atoms in total. The first-order chi connectivity index (χ1) is 8.61. The second-order valence-corrected chi connectivity index (χ2v) is 4.71. The van der Waals surface area contributed by atoms with E-state index in [1.165, 1.54) is 6.07 Å². The van der Waals surface area contributed by atoms with Crippen LogP contribution in [-0.2, 0) is 0 Å². The number of carbonyl (C=O) groups is 1. The lowest BCUT2D eigenvalue weighted by Crippen LogP contribution is -2.48. The molecule has 0 unspecified atom stereocenters. The summed E-state index contributed by atoms with van der Waals surface area (Å²) >= 11 is 0. The molecule has 0 atom stereocenters. The standard InChI is InChI=1S/C14H19FN2O/c1-3-16-6-8-17(9-7-16)14(18)12-5-4-11(2)10-13(12)15/h4-5,10H,3,6-9H2,1-2H3. The van der Waals surface area contributed by atoms with E-state index in [9.17, 15) is 9.18 Å². The molecule has 98 valence electrons. The number of rotatable bonds is 2. The lowest BCUT2D eigenvalue weighted by molar-refractivity contribution is 0.0639. The normalized spacial score (nSPS) is 16.9. The van der Waals surface area contributed by atoms with Crippen LogP contribution in [0.2, 0.25) is 0 Å². The maximum absolute atomic E-state index is 13.7. The van der Waals surface area contributed by atoms with Gasteiger partial charge >= 0.3 is 0 Å². The maximum atomic E-state index is 13.7. The van der Waals surface area contributed by atoms with Gasteiger partial charge in [0.2, 0.25) is 0 Å². The Morgan fingerprint density at radius 3 is 2.50 bits per heavy atom. The zero-order valence-corrected chi connectivity index (χ0v) is 10.9. The van der Waals surface area contributed by atoms with E-state index in [4.69, 9.17) is 0 Å². The SMILES string of the molecule is CCN1CCN(C(=O)c2ccc(C)cc2F)CC1. The number of halogens is 1. The van der Waals surface area contributed by atoms with Crippen LogP contribution in [0.1, 0.15) is 22.8 Å². The van der Waals surface area contributed by atoms with E-state index in [2.05, 4.69) is 11.8 Å². The van der Waals surface area contributed by atoms with Crippen molar-refractivity contribution in [2.45, 2.75) is 13.8 Å². The first-order valence-electron chi connectivity index (χ1n) is 6.39. The van der Waals surface area contributed by atoms with Gasteiger partial charge in [0, 0.05) is 26.2 Å². The van der Waals surface area contributed by atoms with Crippen LogP contribution in [0.4, 0.5) is 4.39 Å². The molecule has 4 heteroatoms. The summed E-state index contributed by atoms with van der Waals surface area (Å²) in [5.41, 5.74) is 1.02. The number of hydrogen-bond donors (Lipinski definition) is 0. The number of amides is 1. The Kier molecular flexibility index (Phi) is 3.97. The van der Waals surface area contributed by atoms with Crippen molar-refractivity contribution in [1.29, 1.82) is 0 Å². The molecule has 1 fully saturated rings. The summed E-state index contributed by atoms with van der Waals surface area (Å²) < 4.78 is 13.7. The molecule has 0 aliphatic carbocycles. The van der Waals surface area contributed by atoms with Crippen molar-refractivity contribution >= 4 is 5.91 Å². The minimum atomic E-state index is -0.419. The predicted octanol–water partition coefficient (Wildman–Crippen LogP) is 1.91. The van der Waals surface area contributed by atoms with Crippen molar-refractivity contribution in [3.63, 3.8) is 0 Å². The molecule has 1 heterocycles. The van der Waals surface area contributed by atoms with Gasteiger partial charge in [-0.05, 0) is 31.2 Å². The van der Waals surface area contributed by atoms with Crippen LogP contribution in [0, 0.1) is 12.7 Å². The van der Waals surface area contributed by atoms with Gasteiger partial charge in [0.1, 0.15) is 5.82 Å². The fourth-order valence-electron chi connectivity index (χ4n) is 2.23. The molecule has 1 saturated heterocycles. The van der Waals surface area contributed by atoms with Gasteiger partial charge in [-0.3, -0.25) is 4.79 Å². The quantitative estimate of drug-likeness (QED) is 0.800. The Bertz CT molecular complexity index is 439. The molecule has 0 aromatic heterocycles. The number of hydrogen-bond acceptors (Lipinski definition) is 2. The van der Waals surface area contributed by atoms with E-state index in [-0.39, 0.29) is 11.5 Å². The molecule has 0 radical (unpaired) electrons. The van der Waals surface area contributed by atoms with Crippen LogP contribution in [0.3, 0.4) is 0 Å². The largest absolute Gasteiger partial charge is 0.336 e. The maximum Gasteiger partial charge on any atom is 0.256 e. The summed E-state index contributed by atoms with van der Waals surface area (Å²) in [5, 5.41) is 0. The fraction of sp³-hybridized carbons (Fsp3) is 0.500. The van der Waals surface area contributed by atoms with Crippen LogP contribution in [0.25, 0.3) is 0 Å². The third-order valence-electron chi connectivity index (χ3n) is 3.46. The number of piperazine rings is 1. The summed E-state index contributed by atoms with van der Waals surface area (Å²) in [7, 11) is 0. The van der Waals surface area contributed by atoms with E-state index in [1.54, 1.807) is 17.0 Å². The average molecular weight is 250 g/mol. The molecule has 0 N–H and O–H groups in total. The highest BCUT2D eigenvalue weighted by Gasteiger charge is 2.23. The molecule has 1 aromatic carbocycles. The first kappa shape index (κ1) is 13.0. The van der Waals surface area contributed by atoms with Gasteiger partial charge in [0.15, 0.2) is 0 Å². The summed E-state index contributed by atoms with van der Waals surface area (Å²) in [4.78, 5) is 16.2. The van der Waals surface area contributed by atoms with Crippen molar-refractivity contribution in [2.75, 3.05) is 32.7 Å². The highest BCUT2D eigenvalue weighted by atomic mass is 19.1.